The largest absolute Gasteiger partial charge is 0.481 e. The summed E-state index contributed by atoms with van der Waals surface area (Å²) in [6, 6.07) is -6.31. The molecule has 15 N–H and O–H groups in total. The molecule has 7 atom stereocenters. The molecule has 0 aromatic heterocycles. The van der Waals surface area contributed by atoms with Gasteiger partial charge in [-0.2, -0.15) is 8.78 Å². The van der Waals surface area contributed by atoms with Crippen molar-refractivity contribution in [2.24, 2.45) is 29.0 Å². The summed E-state index contributed by atoms with van der Waals surface area (Å²) in [6.45, 7) is 7.11. The summed E-state index contributed by atoms with van der Waals surface area (Å²) in [5.41, 5.74) is 10.3. The van der Waals surface area contributed by atoms with Gasteiger partial charge in [-0.15, -0.1) is 0 Å². The Balaban J connectivity index is 3.54. The quantitative estimate of drug-likeness (QED) is 0.0418. The van der Waals surface area contributed by atoms with Gasteiger partial charge in [-0.3, -0.25) is 52.5 Å². The maximum Gasteiger partial charge on any atom is 0.399 e. The zero-order valence-corrected chi connectivity index (χ0v) is 35.3. The number of aliphatic carboxylic acids is 1. The van der Waals surface area contributed by atoms with E-state index < -0.39 is 152 Å². The van der Waals surface area contributed by atoms with Crippen molar-refractivity contribution in [2.45, 2.75) is 115 Å². The Bertz CT molecular complexity index is 1880. The summed E-state index contributed by atoms with van der Waals surface area (Å²) < 4.78 is 40.0. The molecule has 1 aromatic carbocycles. The van der Waals surface area contributed by atoms with Gasteiger partial charge in [0.15, 0.2) is 0 Å². The van der Waals surface area contributed by atoms with E-state index in [0.717, 1.165) is 19.1 Å². The van der Waals surface area contributed by atoms with Crippen molar-refractivity contribution < 1.29 is 76.2 Å². The molecule has 0 aliphatic heterocycles. The standard InChI is InChI=1S/C36H54F2N9O14P/c1-6-17(4)29(35(58)43-21(30(41)53)11-12-27(51)52)47-33(56)24(15-26(40)50)45-34(57)28(16(2)3)46-32(55)22(44-31(54)23(14-25(39)49)42-18(5)48)13-19-7-9-20(10-8-19)36(37,38)62(59,60)61/h7-10,16-17,21-24,28-29H,6,11-15H2,1-5H3,(H2,39,49)(H2,40,50)(H2,41,53)(H,42,48)(H,43,58)(H,44,54)(H,45,57)(H,46,55)(H,47,56)(H,51,52)(H2,59,60,61)/t17-,21-,22-,23-,24-,28-,29-/m0/s1. The molecule has 0 aliphatic rings. The number of amides is 9. The number of carboxylic acids is 1. The summed E-state index contributed by atoms with van der Waals surface area (Å²) in [5, 5.41) is 22.9. The SMILES string of the molecule is CC[C@H](C)[C@H](NC(=O)[C@H](CC(N)=O)NC(=O)[C@@H](NC(=O)[C@H](Cc1ccc(C(F)(F)P(=O)(O)O)cc1)NC(=O)[C@H](CC(N)=O)NC(C)=O)C(C)C)C(=O)N[C@@H](CCC(=O)O)C(N)=O. The van der Waals surface area contributed by atoms with Crippen LogP contribution in [0.5, 0.6) is 0 Å². The van der Waals surface area contributed by atoms with Crippen LogP contribution < -0.4 is 49.1 Å². The van der Waals surface area contributed by atoms with E-state index in [-0.39, 0.29) is 18.4 Å². The molecule has 1 rings (SSSR count). The molecule has 1 aromatic rings. The van der Waals surface area contributed by atoms with Crippen LogP contribution in [0, 0.1) is 11.8 Å². The topological polar surface area (TPSA) is 399 Å². The number of carbonyl (C=O) groups excluding carboxylic acids is 9. The third-order valence-corrected chi connectivity index (χ3v) is 10.2. The zero-order valence-electron chi connectivity index (χ0n) is 34.4. The van der Waals surface area contributed by atoms with Crippen molar-refractivity contribution in [3.8, 4) is 0 Å². The van der Waals surface area contributed by atoms with Crippen LogP contribution in [0.3, 0.4) is 0 Å². The molecule has 0 unspecified atom stereocenters. The summed E-state index contributed by atoms with van der Waals surface area (Å²) in [6.07, 6.45) is -2.77. The summed E-state index contributed by atoms with van der Waals surface area (Å²) in [7, 11) is -5.96. The number of hydrogen-bond donors (Lipinski definition) is 12. The molecule has 0 heterocycles. The molecule has 9 amide bonds. The average Bonchev–Trinajstić information content (AvgIpc) is 3.14. The number of primary amides is 3. The molecule has 0 radical (unpaired) electrons. The van der Waals surface area contributed by atoms with Gasteiger partial charge in [0.1, 0.15) is 36.3 Å². The molecule has 0 spiro atoms. The van der Waals surface area contributed by atoms with Crippen LogP contribution in [0.2, 0.25) is 0 Å². The van der Waals surface area contributed by atoms with Crippen LogP contribution in [-0.2, 0) is 64.6 Å². The molecular weight excluding hydrogens is 851 g/mol. The fourth-order valence-corrected chi connectivity index (χ4v) is 6.10. The lowest BCUT2D eigenvalue weighted by Crippen LogP contribution is -2.61. The molecule has 23 nitrogen and oxygen atoms in total. The number of halogens is 2. The number of carboxylic acid groups (broad SMARTS) is 1. The second-order valence-electron chi connectivity index (χ2n) is 14.7. The maximum atomic E-state index is 14.3. The van der Waals surface area contributed by atoms with Gasteiger partial charge < -0.3 is 64.0 Å². The number of nitrogens with two attached hydrogens (primary N) is 3. The Hall–Kier alpha value is -6.07. The van der Waals surface area contributed by atoms with E-state index in [2.05, 4.69) is 31.9 Å². The highest BCUT2D eigenvalue weighted by molar-refractivity contribution is 7.52. The van der Waals surface area contributed by atoms with Crippen molar-refractivity contribution in [1.29, 1.82) is 0 Å². The molecular formula is C36H54F2N9O14P. The van der Waals surface area contributed by atoms with Gasteiger partial charge in [0, 0.05) is 25.3 Å². The molecule has 0 aliphatic carbocycles. The summed E-state index contributed by atoms with van der Waals surface area (Å²) in [5.74, 6) is -12.1. The number of benzene rings is 1. The molecule has 0 saturated carbocycles. The van der Waals surface area contributed by atoms with Crippen LogP contribution in [0.1, 0.15) is 77.8 Å². The normalized spacial score (nSPS) is 14.9. The third kappa shape index (κ3) is 17.1. The first-order valence-corrected chi connectivity index (χ1v) is 20.5. The third-order valence-electron chi connectivity index (χ3n) is 9.22. The first kappa shape index (κ1) is 53.9. The highest BCUT2D eigenvalue weighted by atomic mass is 31.2. The second-order valence-corrected chi connectivity index (χ2v) is 16.4. The van der Waals surface area contributed by atoms with E-state index in [0.29, 0.717) is 12.1 Å². The average molecular weight is 906 g/mol. The molecule has 62 heavy (non-hydrogen) atoms. The Labute approximate surface area is 353 Å². The van der Waals surface area contributed by atoms with Crippen molar-refractivity contribution in [3.05, 3.63) is 35.4 Å². The van der Waals surface area contributed by atoms with E-state index in [9.17, 15) is 61.3 Å². The van der Waals surface area contributed by atoms with Crippen molar-refractivity contribution in [2.75, 3.05) is 0 Å². The van der Waals surface area contributed by atoms with E-state index in [1.165, 1.54) is 13.8 Å². The summed E-state index contributed by atoms with van der Waals surface area (Å²) >= 11 is 0. The van der Waals surface area contributed by atoms with Gasteiger partial charge in [-0.25, -0.2) is 0 Å². The van der Waals surface area contributed by atoms with Crippen molar-refractivity contribution >= 4 is 66.7 Å². The van der Waals surface area contributed by atoms with Crippen LogP contribution in [0.15, 0.2) is 24.3 Å². The number of nitrogens with one attached hydrogen (secondary N) is 6. The minimum Gasteiger partial charge on any atom is -0.481 e. The number of carbonyl (C=O) groups is 10. The maximum absolute atomic E-state index is 14.3. The van der Waals surface area contributed by atoms with E-state index >= 15 is 0 Å². The van der Waals surface area contributed by atoms with Gasteiger partial charge in [-0.1, -0.05) is 58.4 Å². The number of alkyl halides is 2. The predicted molar refractivity (Wildman–Crippen MR) is 211 cm³/mol. The van der Waals surface area contributed by atoms with Crippen LogP contribution >= 0.6 is 7.60 Å². The van der Waals surface area contributed by atoms with E-state index in [1.807, 2.05) is 0 Å². The minimum absolute atomic E-state index is 0.0226. The Morgan fingerprint density at radius 2 is 1.11 bits per heavy atom. The lowest BCUT2D eigenvalue weighted by atomic mass is 9.96. The Kier molecular flexibility index (Phi) is 20.7. The minimum atomic E-state index is -5.96. The molecule has 26 heteroatoms. The highest BCUT2D eigenvalue weighted by Crippen LogP contribution is 2.59. The lowest BCUT2D eigenvalue weighted by Gasteiger charge is -2.29. The zero-order chi connectivity index (χ0) is 47.9. The van der Waals surface area contributed by atoms with Gasteiger partial charge >= 0.3 is 19.2 Å². The summed E-state index contributed by atoms with van der Waals surface area (Å²) in [4.78, 5) is 145. The predicted octanol–water partition coefficient (Wildman–Crippen LogP) is -2.81. The fraction of sp³-hybridized carbons (Fsp3) is 0.556. The number of hydrogen-bond acceptors (Lipinski definition) is 11. The van der Waals surface area contributed by atoms with Gasteiger partial charge in [0.25, 0.3) is 0 Å². The van der Waals surface area contributed by atoms with Gasteiger partial charge in [0.05, 0.1) is 12.8 Å². The molecule has 0 fully saturated rings. The van der Waals surface area contributed by atoms with Gasteiger partial charge in [0.2, 0.25) is 53.2 Å². The molecule has 346 valence electrons. The van der Waals surface area contributed by atoms with Crippen LogP contribution in [-0.4, -0.2) is 110 Å². The second kappa shape index (κ2) is 23.8. The smallest absolute Gasteiger partial charge is 0.399 e. The van der Waals surface area contributed by atoms with E-state index in [4.69, 9.17) is 32.1 Å². The van der Waals surface area contributed by atoms with Crippen molar-refractivity contribution in [3.63, 3.8) is 0 Å². The monoisotopic (exact) mass is 905 g/mol. The first-order chi connectivity index (χ1) is 28.5. The van der Waals surface area contributed by atoms with Gasteiger partial charge in [-0.05, 0) is 23.8 Å². The van der Waals surface area contributed by atoms with Crippen LogP contribution in [0.4, 0.5) is 8.78 Å². The lowest BCUT2D eigenvalue weighted by molar-refractivity contribution is -0.138. The Morgan fingerprint density at radius 1 is 0.677 bits per heavy atom. The molecule has 0 saturated heterocycles. The highest BCUT2D eigenvalue weighted by Gasteiger charge is 2.50. The number of rotatable bonds is 26. The fourth-order valence-electron chi connectivity index (χ4n) is 5.61. The van der Waals surface area contributed by atoms with Crippen molar-refractivity contribution in [1.82, 2.24) is 31.9 Å². The first-order valence-electron chi connectivity index (χ1n) is 18.9. The Morgan fingerprint density at radius 3 is 1.55 bits per heavy atom. The van der Waals surface area contributed by atoms with Crippen LogP contribution in [0.25, 0.3) is 0 Å². The van der Waals surface area contributed by atoms with E-state index in [1.54, 1.807) is 13.8 Å². The molecule has 0 bridgehead atoms.